The fraction of sp³-hybridized carbons (Fsp3) is 0.600. The number of rotatable bonds is 0. The van der Waals surface area contributed by atoms with Crippen molar-refractivity contribution in [2.45, 2.75) is 0 Å². The summed E-state index contributed by atoms with van der Waals surface area (Å²) in [5, 5.41) is 16.1. The molecule has 0 unspecified atom stereocenters. The Kier molecular flexibility index (Phi) is 6.66. The fourth-order valence-corrected chi connectivity index (χ4v) is 0.239. The van der Waals surface area contributed by atoms with Crippen molar-refractivity contribution in [1.82, 2.24) is 10.2 Å². The summed E-state index contributed by atoms with van der Waals surface area (Å²) < 4.78 is 25.9. The zero-order chi connectivity index (χ0) is 11.9. The molecular weight excluding hydrogens is 210 g/mol. The fourth-order valence-electron chi connectivity index (χ4n) is 0.239. The molecule has 9 heteroatoms. The minimum atomic E-state index is -3.67. The zero-order valence-corrected chi connectivity index (χ0v) is 9.01. The van der Waals surface area contributed by atoms with Gasteiger partial charge in [-0.3, -0.25) is 20.7 Å². The molecule has 0 amide bonds. The van der Waals surface area contributed by atoms with Gasteiger partial charge in [0, 0.05) is 14.1 Å². The molecule has 84 valence electrons. The largest absolute Gasteiger partial charge is 0.370 e. The molecule has 0 heterocycles. The molecule has 8 nitrogen and oxygen atoms in total. The van der Waals surface area contributed by atoms with Gasteiger partial charge in [-0.25, -0.2) is 0 Å². The Hall–Kier alpha value is -1.35. The van der Waals surface area contributed by atoms with E-state index in [9.17, 15) is 8.42 Å². The van der Waals surface area contributed by atoms with E-state index in [2.05, 4.69) is 5.32 Å². The number of nitrogens with one attached hydrogen (secondary N) is 3. The van der Waals surface area contributed by atoms with E-state index in [4.69, 9.17) is 21.1 Å². The maximum Gasteiger partial charge on any atom is 0.261 e. The maximum atomic E-state index is 9.19. The van der Waals surface area contributed by atoms with Crippen LogP contribution in [0.1, 0.15) is 0 Å². The molecule has 0 aromatic rings. The Bertz CT molecular complexity index is 288. The van der Waals surface area contributed by atoms with Crippen LogP contribution in [0.3, 0.4) is 0 Å². The Morgan fingerprint density at radius 2 is 1.71 bits per heavy atom. The van der Waals surface area contributed by atoms with E-state index in [-0.39, 0.29) is 11.9 Å². The molecule has 0 aromatic carbocycles. The molecule has 0 saturated heterocycles. The summed E-state index contributed by atoms with van der Waals surface area (Å²) in [6, 6.07) is 0. The topological polar surface area (TPSA) is 143 Å². The third-order valence-electron chi connectivity index (χ3n) is 0.700. The summed E-state index contributed by atoms with van der Waals surface area (Å²) in [4.78, 5) is 1.52. The molecule has 0 bridgehead atoms. The molecule has 0 spiro atoms. The quantitative estimate of drug-likeness (QED) is 0.192. The van der Waals surface area contributed by atoms with Crippen molar-refractivity contribution >= 4 is 22.0 Å². The van der Waals surface area contributed by atoms with Gasteiger partial charge >= 0.3 is 0 Å². The molecule has 0 rings (SSSR count). The van der Waals surface area contributed by atoms with E-state index >= 15 is 0 Å². The van der Waals surface area contributed by atoms with Crippen LogP contribution >= 0.6 is 0 Å². The summed E-state index contributed by atoms with van der Waals surface area (Å²) in [5.41, 5.74) is 4.94. The Balaban J connectivity index is 0. The highest BCUT2D eigenvalue weighted by atomic mass is 32.2. The number of hydrogen-bond acceptors (Lipinski definition) is 4. The molecule has 0 aliphatic carbocycles. The minimum Gasteiger partial charge on any atom is -0.370 e. The first-order valence-corrected chi connectivity index (χ1v) is 5.18. The Morgan fingerprint density at radius 1 is 1.43 bits per heavy atom. The molecule has 0 atom stereocenters. The van der Waals surface area contributed by atoms with Crippen molar-refractivity contribution < 1.29 is 13.0 Å². The van der Waals surface area contributed by atoms with Gasteiger partial charge in [-0.2, -0.15) is 8.42 Å². The smallest absolute Gasteiger partial charge is 0.261 e. The molecule has 0 aliphatic heterocycles. The number of nitrogens with zero attached hydrogens (tertiary/aromatic N) is 1. The van der Waals surface area contributed by atoms with Crippen molar-refractivity contribution in [2.75, 3.05) is 20.4 Å². The normalized spacial score (nSPS) is 9.43. The number of nitrogens with two attached hydrogens (primary N) is 1. The zero-order valence-electron chi connectivity index (χ0n) is 8.20. The lowest BCUT2D eigenvalue weighted by Gasteiger charge is -2.13. The molecular formula is C5H15N5O3S. The van der Waals surface area contributed by atoms with Gasteiger partial charge < -0.3 is 10.6 Å². The molecule has 14 heavy (non-hydrogen) atoms. The van der Waals surface area contributed by atoms with Crippen LogP contribution in [-0.4, -0.2) is 50.1 Å². The number of guanidine groups is 2. The van der Waals surface area contributed by atoms with Crippen molar-refractivity contribution in [3.63, 3.8) is 0 Å². The van der Waals surface area contributed by atoms with E-state index in [1.54, 1.807) is 14.1 Å². The Morgan fingerprint density at radius 3 is 1.79 bits per heavy atom. The summed E-state index contributed by atoms with van der Waals surface area (Å²) in [5.74, 6) is -0.101. The van der Waals surface area contributed by atoms with Gasteiger partial charge in [0.1, 0.15) is 0 Å². The molecule has 0 radical (unpaired) electrons. The van der Waals surface area contributed by atoms with Gasteiger partial charge in [0.05, 0.1) is 6.26 Å². The lowest BCUT2D eigenvalue weighted by atomic mass is 10.8. The van der Waals surface area contributed by atoms with Gasteiger partial charge in [0.25, 0.3) is 10.1 Å². The highest BCUT2D eigenvalue weighted by Crippen LogP contribution is 1.70. The van der Waals surface area contributed by atoms with E-state index in [0.717, 1.165) is 0 Å². The molecule has 6 N–H and O–H groups in total. The van der Waals surface area contributed by atoms with Crippen LogP contribution in [0.4, 0.5) is 0 Å². The SMILES string of the molecule is CN(C)C(=N)NC(=N)N.CS(=O)(=O)O. The van der Waals surface area contributed by atoms with Crippen molar-refractivity contribution in [2.24, 2.45) is 5.73 Å². The van der Waals surface area contributed by atoms with Crippen molar-refractivity contribution in [3.05, 3.63) is 0 Å². The lowest BCUT2D eigenvalue weighted by molar-refractivity contribution is 0.490. The number of hydrogen-bond donors (Lipinski definition) is 5. The van der Waals surface area contributed by atoms with Crippen LogP contribution in [-0.2, 0) is 10.1 Å². The Labute approximate surface area is 82.9 Å². The van der Waals surface area contributed by atoms with E-state index in [1.807, 2.05) is 0 Å². The van der Waals surface area contributed by atoms with Crippen molar-refractivity contribution in [1.29, 1.82) is 10.8 Å². The van der Waals surface area contributed by atoms with Crippen LogP contribution < -0.4 is 11.1 Å². The van der Waals surface area contributed by atoms with Gasteiger partial charge in [-0.15, -0.1) is 0 Å². The average Bonchev–Trinajstić information content (AvgIpc) is 1.80. The second-order valence-electron chi connectivity index (χ2n) is 2.51. The third kappa shape index (κ3) is 22.4. The van der Waals surface area contributed by atoms with E-state index < -0.39 is 10.1 Å². The predicted octanol–water partition coefficient (Wildman–Crippen LogP) is -1.53. The monoisotopic (exact) mass is 225 g/mol. The van der Waals surface area contributed by atoms with Gasteiger partial charge in [0.2, 0.25) is 0 Å². The molecule has 0 fully saturated rings. The lowest BCUT2D eigenvalue weighted by Crippen LogP contribution is -2.42. The first-order valence-electron chi connectivity index (χ1n) is 3.33. The van der Waals surface area contributed by atoms with Crippen LogP contribution in [0.2, 0.25) is 0 Å². The maximum absolute atomic E-state index is 9.19. The van der Waals surface area contributed by atoms with Crippen LogP contribution in [0.15, 0.2) is 0 Å². The van der Waals surface area contributed by atoms with Crippen LogP contribution in [0.5, 0.6) is 0 Å². The van der Waals surface area contributed by atoms with Crippen LogP contribution in [0.25, 0.3) is 0 Å². The van der Waals surface area contributed by atoms with Gasteiger partial charge in [-0.05, 0) is 0 Å². The summed E-state index contributed by atoms with van der Waals surface area (Å²) in [6.07, 6.45) is 0.715. The molecule has 0 aliphatic rings. The average molecular weight is 225 g/mol. The predicted molar refractivity (Wildman–Crippen MR) is 53.9 cm³/mol. The summed E-state index contributed by atoms with van der Waals surface area (Å²) >= 11 is 0. The van der Waals surface area contributed by atoms with Crippen LogP contribution in [0, 0.1) is 10.8 Å². The second kappa shape index (κ2) is 6.16. The van der Waals surface area contributed by atoms with Gasteiger partial charge in [-0.1, -0.05) is 0 Å². The minimum absolute atomic E-state index is 0.113. The summed E-state index contributed by atoms with van der Waals surface area (Å²) in [7, 11) is -0.281. The first kappa shape index (κ1) is 15.1. The van der Waals surface area contributed by atoms with E-state index in [0.29, 0.717) is 6.26 Å². The highest BCUT2D eigenvalue weighted by Gasteiger charge is 1.96. The van der Waals surface area contributed by atoms with Gasteiger partial charge in [0.15, 0.2) is 11.9 Å². The summed E-state index contributed by atoms with van der Waals surface area (Å²) in [6.45, 7) is 0. The highest BCUT2D eigenvalue weighted by molar-refractivity contribution is 7.85. The van der Waals surface area contributed by atoms with Crippen molar-refractivity contribution in [3.8, 4) is 0 Å². The van der Waals surface area contributed by atoms with E-state index in [1.165, 1.54) is 4.90 Å². The second-order valence-corrected chi connectivity index (χ2v) is 3.98. The standard InChI is InChI=1S/C4H11N5.CH4O3S/c1-9(2)4(7)8-3(5)6;1-5(2,3)4/h1-2H3,(H5,5,6,7,8);1H3,(H,2,3,4). The first-order chi connectivity index (χ1) is 6.04. The molecule has 0 saturated carbocycles. The third-order valence-corrected chi connectivity index (χ3v) is 0.700. The molecule has 0 aromatic heterocycles.